The molecule has 0 bridgehead atoms. The van der Waals surface area contributed by atoms with Crippen molar-refractivity contribution < 1.29 is 9.84 Å². The lowest BCUT2D eigenvalue weighted by Gasteiger charge is -2.15. The highest BCUT2D eigenvalue weighted by atomic mass is 35.5. The highest BCUT2D eigenvalue weighted by Crippen LogP contribution is 2.36. The van der Waals surface area contributed by atoms with Crippen molar-refractivity contribution in [1.29, 1.82) is 0 Å². The molecule has 3 aromatic carbocycles. The Morgan fingerprint density at radius 1 is 1.03 bits per heavy atom. The van der Waals surface area contributed by atoms with E-state index in [4.69, 9.17) is 27.9 Å². The molecular weight excluding hydrogens is 429 g/mol. The third kappa shape index (κ3) is 6.30. The smallest absolute Gasteiger partial charge is 0.127 e. The maximum absolute atomic E-state index is 10.7. The Morgan fingerprint density at radius 2 is 1.81 bits per heavy atom. The second-order valence-corrected chi connectivity index (χ2v) is 7.97. The molecule has 0 fully saturated rings. The molecule has 0 aliphatic heterocycles. The summed E-state index contributed by atoms with van der Waals surface area (Å²) in [4.78, 5) is 0. The first-order valence-corrected chi connectivity index (χ1v) is 10.8. The second-order valence-electron chi connectivity index (χ2n) is 7.10. The zero-order valence-corrected chi connectivity index (χ0v) is 18.9. The Bertz CT molecular complexity index is 1080. The number of aromatic hydroxyl groups is 1. The van der Waals surface area contributed by atoms with Crippen molar-refractivity contribution >= 4 is 34.3 Å². The predicted molar refractivity (Wildman–Crippen MR) is 131 cm³/mol. The molecule has 0 amide bonds. The monoisotopic (exact) mass is 453 g/mol. The van der Waals surface area contributed by atoms with Gasteiger partial charge in [-0.05, 0) is 59.5 Å². The van der Waals surface area contributed by atoms with E-state index in [0.717, 1.165) is 29.7 Å². The van der Waals surface area contributed by atoms with Crippen LogP contribution in [0, 0.1) is 0 Å². The van der Waals surface area contributed by atoms with E-state index in [1.807, 2.05) is 66.9 Å². The molecule has 5 heteroatoms. The molecular formula is C26H25Cl2NO2. The molecule has 0 aromatic heterocycles. The van der Waals surface area contributed by atoms with Gasteiger partial charge in [-0.1, -0.05) is 61.0 Å². The van der Waals surface area contributed by atoms with Gasteiger partial charge in [-0.15, -0.1) is 0 Å². The van der Waals surface area contributed by atoms with E-state index >= 15 is 0 Å². The lowest BCUT2D eigenvalue weighted by atomic mass is 9.93. The lowest BCUT2D eigenvalue weighted by molar-refractivity contribution is 0.304. The number of phenolic OH excluding ortho intramolecular Hbond substituents is 1. The molecule has 0 heterocycles. The molecule has 0 saturated heterocycles. The highest BCUT2D eigenvalue weighted by Gasteiger charge is 2.14. The third-order valence-electron chi connectivity index (χ3n) is 4.71. The Kier molecular flexibility index (Phi) is 8.05. The number of halogens is 2. The summed E-state index contributed by atoms with van der Waals surface area (Å²) in [6.45, 7) is 7.55. The van der Waals surface area contributed by atoms with Crippen molar-refractivity contribution in [3.8, 4) is 11.5 Å². The summed E-state index contributed by atoms with van der Waals surface area (Å²) >= 11 is 12.1. The van der Waals surface area contributed by atoms with Gasteiger partial charge in [0.15, 0.2) is 0 Å². The Labute approximate surface area is 193 Å². The fourth-order valence-electron chi connectivity index (χ4n) is 3.07. The van der Waals surface area contributed by atoms with E-state index < -0.39 is 0 Å². The zero-order valence-electron chi connectivity index (χ0n) is 17.4. The largest absolute Gasteiger partial charge is 0.507 e. The fourth-order valence-corrected chi connectivity index (χ4v) is 3.38. The second kappa shape index (κ2) is 10.9. The van der Waals surface area contributed by atoms with Crippen LogP contribution >= 0.6 is 23.2 Å². The van der Waals surface area contributed by atoms with E-state index in [9.17, 15) is 5.11 Å². The van der Waals surface area contributed by atoms with Crippen molar-refractivity contribution in [1.82, 2.24) is 5.32 Å². The number of rotatable bonds is 9. The summed E-state index contributed by atoms with van der Waals surface area (Å²) < 4.78 is 5.81. The maximum atomic E-state index is 10.7. The normalized spacial score (nSPS) is 11.3. The van der Waals surface area contributed by atoms with Gasteiger partial charge >= 0.3 is 0 Å². The summed E-state index contributed by atoms with van der Waals surface area (Å²) in [5.74, 6) is 0.670. The van der Waals surface area contributed by atoms with Gasteiger partial charge in [-0.25, -0.2) is 0 Å². The molecule has 3 nitrogen and oxygen atoms in total. The number of phenols is 1. The zero-order chi connectivity index (χ0) is 22.2. The van der Waals surface area contributed by atoms with Gasteiger partial charge in [0.2, 0.25) is 0 Å². The molecule has 0 unspecified atom stereocenters. The van der Waals surface area contributed by atoms with Crippen LogP contribution in [0.25, 0.3) is 11.1 Å². The van der Waals surface area contributed by atoms with E-state index in [1.54, 1.807) is 6.07 Å². The van der Waals surface area contributed by atoms with Gasteiger partial charge in [-0.2, -0.15) is 0 Å². The van der Waals surface area contributed by atoms with E-state index in [1.165, 1.54) is 0 Å². The minimum absolute atomic E-state index is 0.0991. The lowest BCUT2D eigenvalue weighted by Crippen LogP contribution is -2.07. The van der Waals surface area contributed by atoms with Crippen LogP contribution in [0.4, 0.5) is 0 Å². The van der Waals surface area contributed by atoms with Gasteiger partial charge in [-0.3, -0.25) is 0 Å². The SMILES string of the molecule is C=C(/C(=C\NCCC)c1cccc(Cl)c1)c1ccc(OCc2ccc(Cl)cc2)cc1O. The molecule has 3 rings (SSSR count). The fraction of sp³-hybridized carbons (Fsp3) is 0.154. The molecule has 0 saturated carbocycles. The van der Waals surface area contributed by atoms with Gasteiger partial charge < -0.3 is 15.2 Å². The van der Waals surface area contributed by atoms with Crippen LogP contribution in [0.15, 0.2) is 79.5 Å². The summed E-state index contributed by atoms with van der Waals surface area (Å²) in [5, 5.41) is 15.3. The third-order valence-corrected chi connectivity index (χ3v) is 5.20. The molecule has 0 aliphatic rings. The summed E-state index contributed by atoms with van der Waals surface area (Å²) in [6, 6.07) is 20.3. The molecule has 2 N–H and O–H groups in total. The number of ether oxygens (including phenoxy) is 1. The predicted octanol–water partition coefficient (Wildman–Crippen LogP) is 7.33. The van der Waals surface area contributed by atoms with Crippen LogP contribution in [-0.2, 0) is 6.61 Å². The van der Waals surface area contributed by atoms with E-state index in [0.29, 0.717) is 33.5 Å². The molecule has 0 atom stereocenters. The first kappa shape index (κ1) is 22.8. The number of nitrogens with one attached hydrogen (secondary N) is 1. The minimum atomic E-state index is 0.0991. The van der Waals surface area contributed by atoms with Crippen LogP contribution in [0.2, 0.25) is 10.0 Å². The average Bonchev–Trinajstić information content (AvgIpc) is 2.76. The van der Waals surface area contributed by atoms with E-state index in [2.05, 4.69) is 18.8 Å². The van der Waals surface area contributed by atoms with Crippen LogP contribution in [0.5, 0.6) is 11.5 Å². The number of allylic oxidation sites excluding steroid dienone is 2. The van der Waals surface area contributed by atoms with Crippen molar-refractivity contribution in [3.05, 3.63) is 106 Å². The van der Waals surface area contributed by atoms with Gasteiger partial charge in [0.05, 0.1) is 0 Å². The molecule has 31 heavy (non-hydrogen) atoms. The van der Waals surface area contributed by atoms with Crippen molar-refractivity contribution in [2.45, 2.75) is 20.0 Å². The first-order chi connectivity index (χ1) is 15.0. The first-order valence-electron chi connectivity index (χ1n) is 10.1. The van der Waals surface area contributed by atoms with Crippen LogP contribution in [0.1, 0.15) is 30.0 Å². The molecule has 0 radical (unpaired) electrons. The van der Waals surface area contributed by atoms with Crippen LogP contribution in [0.3, 0.4) is 0 Å². The Morgan fingerprint density at radius 3 is 2.48 bits per heavy atom. The van der Waals surface area contributed by atoms with Gasteiger partial charge in [0, 0.05) is 40.0 Å². The van der Waals surface area contributed by atoms with Gasteiger partial charge in [0.1, 0.15) is 18.1 Å². The Hall–Kier alpha value is -2.88. The molecule has 160 valence electrons. The number of hydrogen-bond acceptors (Lipinski definition) is 3. The van der Waals surface area contributed by atoms with Crippen molar-refractivity contribution in [2.24, 2.45) is 0 Å². The number of benzene rings is 3. The molecule has 0 aliphatic carbocycles. The summed E-state index contributed by atoms with van der Waals surface area (Å²) in [6.07, 6.45) is 2.92. The quantitative estimate of drug-likeness (QED) is 0.263. The minimum Gasteiger partial charge on any atom is -0.507 e. The van der Waals surface area contributed by atoms with Gasteiger partial charge in [0.25, 0.3) is 0 Å². The van der Waals surface area contributed by atoms with Crippen LogP contribution in [-0.4, -0.2) is 11.7 Å². The highest BCUT2D eigenvalue weighted by molar-refractivity contribution is 6.31. The topological polar surface area (TPSA) is 41.5 Å². The standard InChI is InChI=1S/C26H25Cl2NO2/c1-3-13-29-16-25(20-5-4-6-22(28)14-20)18(2)24-12-11-23(15-26(24)30)31-17-19-7-9-21(27)10-8-19/h4-12,14-16,29-30H,2-3,13,17H2,1H3/b25-16+. The summed E-state index contributed by atoms with van der Waals surface area (Å²) in [7, 11) is 0. The van der Waals surface area contributed by atoms with Crippen LogP contribution < -0.4 is 10.1 Å². The maximum Gasteiger partial charge on any atom is 0.127 e. The molecule has 0 spiro atoms. The van der Waals surface area contributed by atoms with E-state index in [-0.39, 0.29) is 5.75 Å². The summed E-state index contributed by atoms with van der Waals surface area (Å²) in [5.41, 5.74) is 4.09. The Balaban J connectivity index is 1.81. The molecule has 3 aromatic rings. The number of hydrogen-bond donors (Lipinski definition) is 2. The van der Waals surface area contributed by atoms with Crippen molar-refractivity contribution in [2.75, 3.05) is 6.54 Å². The average molecular weight is 454 g/mol. The van der Waals surface area contributed by atoms with Crippen molar-refractivity contribution in [3.63, 3.8) is 0 Å².